The second-order valence-corrected chi connectivity index (χ2v) is 5.66. The van der Waals surface area contributed by atoms with E-state index in [1.165, 1.54) is 49.8 Å². The summed E-state index contributed by atoms with van der Waals surface area (Å²) in [5.74, 6) is 0. The molecule has 0 amide bonds. The van der Waals surface area contributed by atoms with Crippen molar-refractivity contribution in [3.05, 3.63) is 29.6 Å². The molecule has 1 fully saturated rings. The Morgan fingerprint density at radius 3 is 2.83 bits per heavy atom. The van der Waals surface area contributed by atoms with Crippen molar-refractivity contribution in [2.45, 2.75) is 50.7 Å². The minimum atomic E-state index is 0.752. The van der Waals surface area contributed by atoms with Gasteiger partial charge in [0.05, 0.1) is 0 Å². The number of aromatic nitrogens is 1. The number of hydrogen-bond acceptors (Lipinski definition) is 3. The van der Waals surface area contributed by atoms with E-state index in [0.717, 1.165) is 18.6 Å². The molecule has 1 aromatic rings. The number of nitrogens with one attached hydrogen (secondary N) is 1. The minimum Gasteiger partial charge on any atom is -0.317 e. The maximum atomic E-state index is 4.23. The Hall–Kier alpha value is -0.930. The number of fused-ring (bicyclic) bond motifs is 1. The van der Waals surface area contributed by atoms with E-state index < -0.39 is 0 Å². The topological polar surface area (TPSA) is 28.2 Å². The number of rotatable bonds is 2. The third-order valence-electron chi connectivity index (χ3n) is 4.67. The van der Waals surface area contributed by atoms with Crippen LogP contribution in [0.4, 0.5) is 0 Å². The molecule has 3 rings (SSSR count). The molecule has 98 valence electrons. The van der Waals surface area contributed by atoms with Crippen LogP contribution in [0.5, 0.6) is 0 Å². The normalized spacial score (nSPS) is 28.9. The van der Waals surface area contributed by atoms with E-state index in [1.54, 1.807) is 0 Å². The lowest BCUT2D eigenvalue weighted by molar-refractivity contribution is 0.131. The zero-order chi connectivity index (χ0) is 12.4. The molecule has 2 aliphatic rings. The van der Waals surface area contributed by atoms with Gasteiger partial charge >= 0.3 is 0 Å². The quantitative estimate of drug-likeness (QED) is 0.863. The fourth-order valence-electron chi connectivity index (χ4n) is 3.44. The van der Waals surface area contributed by atoms with Crippen LogP contribution < -0.4 is 5.32 Å². The van der Waals surface area contributed by atoms with Crippen LogP contribution in [-0.2, 0) is 13.0 Å². The third-order valence-corrected chi connectivity index (χ3v) is 4.67. The second-order valence-electron chi connectivity index (χ2n) is 5.66. The van der Waals surface area contributed by atoms with Crippen molar-refractivity contribution >= 4 is 0 Å². The first-order valence-corrected chi connectivity index (χ1v) is 7.20. The van der Waals surface area contributed by atoms with E-state index in [9.17, 15) is 0 Å². The summed E-state index contributed by atoms with van der Waals surface area (Å²) in [5.41, 5.74) is 2.95. The Morgan fingerprint density at radius 1 is 1.22 bits per heavy atom. The van der Waals surface area contributed by atoms with Gasteiger partial charge in [-0.1, -0.05) is 0 Å². The summed E-state index contributed by atoms with van der Waals surface area (Å²) in [6.45, 7) is 2.35. The Morgan fingerprint density at radius 2 is 2.06 bits per heavy atom. The van der Waals surface area contributed by atoms with Gasteiger partial charge < -0.3 is 5.32 Å². The molecule has 1 N–H and O–H groups in total. The standard InChI is InChI=1S/C15H23N3/c1-16-14-2-4-15(5-3-14)18-9-7-12-10-17-8-6-13(12)11-18/h6,8,10,14-16H,2-5,7,9,11H2,1H3. The molecule has 3 heteroatoms. The van der Waals surface area contributed by atoms with Crippen LogP contribution in [0.1, 0.15) is 36.8 Å². The molecule has 1 aliphatic heterocycles. The monoisotopic (exact) mass is 245 g/mol. The van der Waals surface area contributed by atoms with Crippen LogP contribution in [0, 0.1) is 0 Å². The van der Waals surface area contributed by atoms with Gasteiger partial charge in [0.1, 0.15) is 0 Å². The molecule has 0 atom stereocenters. The maximum Gasteiger partial charge on any atom is 0.0303 e. The number of hydrogen-bond donors (Lipinski definition) is 1. The lowest BCUT2D eigenvalue weighted by Gasteiger charge is -2.39. The van der Waals surface area contributed by atoms with Gasteiger partial charge in [0, 0.05) is 37.6 Å². The first-order valence-electron chi connectivity index (χ1n) is 7.20. The summed E-state index contributed by atoms with van der Waals surface area (Å²) in [7, 11) is 2.09. The van der Waals surface area contributed by atoms with Crippen LogP contribution >= 0.6 is 0 Å². The van der Waals surface area contributed by atoms with Crippen LogP contribution in [-0.4, -0.2) is 35.6 Å². The Kier molecular flexibility index (Phi) is 3.62. The Labute approximate surface area is 110 Å². The fraction of sp³-hybridized carbons (Fsp3) is 0.667. The maximum absolute atomic E-state index is 4.23. The summed E-state index contributed by atoms with van der Waals surface area (Å²) >= 11 is 0. The molecule has 0 spiro atoms. The lowest BCUT2D eigenvalue weighted by atomic mass is 9.88. The molecule has 0 unspecified atom stereocenters. The van der Waals surface area contributed by atoms with Gasteiger partial charge in [0.2, 0.25) is 0 Å². The molecule has 18 heavy (non-hydrogen) atoms. The highest BCUT2D eigenvalue weighted by Gasteiger charge is 2.27. The van der Waals surface area contributed by atoms with Crippen LogP contribution in [0.3, 0.4) is 0 Å². The van der Waals surface area contributed by atoms with Gasteiger partial charge in [0.15, 0.2) is 0 Å². The van der Waals surface area contributed by atoms with Crippen molar-refractivity contribution in [3.8, 4) is 0 Å². The van der Waals surface area contributed by atoms with Gasteiger partial charge in [0.25, 0.3) is 0 Å². The largest absolute Gasteiger partial charge is 0.317 e. The van der Waals surface area contributed by atoms with Crippen molar-refractivity contribution in [2.75, 3.05) is 13.6 Å². The van der Waals surface area contributed by atoms with Crippen molar-refractivity contribution in [2.24, 2.45) is 0 Å². The van der Waals surface area contributed by atoms with Gasteiger partial charge in [-0.3, -0.25) is 9.88 Å². The molecule has 0 aromatic carbocycles. The molecular formula is C15H23N3. The average molecular weight is 245 g/mol. The van der Waals surface area contributed by atoms with Crippen molar-refractivity contribution < 1.29 is 0 Å². The van der Waals surface area contributed by atoms with E-state index in [1.807, 2.05) is 12.4 Å². The molecule has 0 bridgehead atoms. The molecule has 0 saturated heterocycles. The molecule has 1 aliphatic carbocycles. The number of nitrogens with zero attached hydrogens (tertiary/aromatic N) is 2. The SMILES string of the molecule is CNC1CCC(N2CCc3cnccc3C2)CC1. The van der Waals surface area contributed by atoms with E-state index in [4.69, 9.17) is 0 Å². The molecule has 0 radical (unpaired) electrons. The summed E-state index contributed by atoms with van der Waals surface area (Å²) in [4.78, 5) is 6.92. The zero-order valence-electron chi connectivity index (χ0n) is 11.2. The summed E-state index contributed by atoms with van der Waals surface area (Å²) in [6.07, 6.45) is 10.5. The molecule has 2 heterocycles. The van der Waals surface area contributed by atoms with Gasteiger partial charge in [-0.05, 0) is 56.3 Å². The van der Waals surface area contributed by atoms with Crippen LogP contribution in [0.25, 0.3) is 0 Å². The highest BCUT2D eigenvalue weighted by Crippen LogP contribution is 2.27. The molecular weight excluding hydrogens is 222 g/mol. The summed E-state index contributed by atoms with van der Waals surface area (Å²) in [5, 5.41) is 3.42. The van der Waals surface area contributed by atoms with Crippen molar-refractivity contribution in [1.29, 1.82) is 0 Å². The average Bonchev–Trinajstić information content (AvgIpc) is 2.47. The van der Waals surface area contributed by atoms with Crippen LogP contribution in [0.15, 0.2) is 18.5 Å². The lowest BCUT2D eigenvalue weighted by Crippen LogP contribution is -2.43. The van der Waals surface area contributed by atoms with Gasteiger partial charge in [-0.25, -0.2) is 0 Å². The highest BCUT2D eigenvalue weighted by atomic mass is 15.2. The Bertz CT molecular complexity index is 396. The molecule has 1 aromatic heterocycles. The highest BCUT2D eigenvalue weighted by molar-refractivity contribution is 5.25. The third kappa shape index (κ3) is 2.43. The van der Waals surface area contributed by atoms with E-state index in [0.29, 0.717) is 0 Å². The van der Waals surface area contributed by atoms with Crippen molar-refractivity contribution in [3.63, 3.8) is 0 Å². The fourth-order valence-corrected chi connectivity index (χ4v) is 3.44. The van der Waals surface area contributed by atoms with E-state index in [2.05, 4.69) is 28.3 Å². The number of pyridine rings is 1. The Balaban J connectivity index is 1.63. The first-order chi connectivity index (χ1) is 8.86. The van der Waals surface area contributed by atoms with Crippen molar-refractivity contribution in [1.82, 2.24) is 15.2 Å². The predicted octanol–water partition coefficient (Wildman–Crippen LogP) is 1.97. The van der Waals surface area contributed by atoms with Gasteiger partial charge in [-0.15, -0.1) is 0 Å². The summed E-state index contributed by atoms with van der Waals surface area (Å²) in [6, 6.07) is 3.75. The smallest absolute Gasteiger partial charge is 0.0303 e. The second kappa shape index (κ2) is 5.37. The van der Waals surface area contributed by atoms with Crippen LogP contribution in [0.2, 0.25) is 0 Å². The van der Waals surface area contributed by atoms with E-state index in [-0.39, 0.29) is 0 Å². The zero-order valence-corrected chi connectivity index (χ0v) is 11.2. The molecule has 1 saturated carbocycles. The summed E-state index contributed by atoms with van der Waals surface area (Å²) < 4.78 is 0. The first kappa shape index (κ1) is 12.1. The van der Waals surface area contributed by atoms with Gasteiger partial charge in [-0.2, -0.15) is 0 Å². The molecule has 3 nitrogen and oxygen atoms in total. The van der Waals surface area contributed by atoms with E-state index >= 15 is 0 Å². The predicted molar refractivity (Wildman–Crippen MR) is 73.5 cm³/mol. The minimum absolute atomic E-state index is 0.752.